The minimum Gasteiger partial charge on any atom is -0.300 e. The van der Waals surface area contributed by atoms with Crippen LogP contribution in [-0.4, -0.2) is 15.3 Å². The SMILES string of the molecule is Cc1cn(CCCCCCCCCS)c(=O)[nH]c1=O. The van der Waals surface area contributed by atoms with Gasteiger partial charge in [-0.3, -0.25) is 9.78 Å². The fraction of sp³-hybridized carbons (Fsp3) is 0.714. The number of thiol groups is 1. The zero-order valence-corrected chi connectivity index (χ0v) is 12.5. The van der Waals surface area contributed by atoms with Gasteiger partial charge in [0.2, 0.25) is 0 Å². The predicted molar refractivity (Wildman–Crippen MR) is 82.2 cm³/mol. The molecule has 0 aliphatic carbocycles. The van der Waals surface area contributed by atoms with Crippen LogP contribution in [0.15, 0.2) is 15.8 Å². The number of hydrogen-bond donors (Lipinski definition) is 2. The van der Waals surface area contributed by atoms with Crippen molar-refractivity contribution in [3.63, 3.8) is 0 Å². The third-order valence-electron chi connectivity index (χ3n) is 3.25. The fourth-order valence-corrected chi connectivity index (χ4v) is 2.29. The van der Waals surface area contributed by atoms with Crippen LogP contribution < -0.4 is 11.2 Å². The molecule has 1 heterocycles. The molecule has 0 amide bonds. The van der Waals surface area contributed by atoms with Crippen LogP contribution in [-0.2, 0) is 6.54 Å². The highest BCUT2D eigenvalue weighted by Gasteiger charge is 2.00. The molecule has 1 aromatic heterocycles. The lowest BCUT2D eigenvalue weighted by atomic mass is 10.1. The summed E-state index contributed by atoms with van der Waals surface area (Å²) in [5, 5.41) is 0. The maximum absolute atomic E-state index is 11.5. The first kappa shape index (κ1) is 16.1. The smallest absolute Gasteiger partial charge is 0.300 e. The van der Waals surface area contributed by atoms with E-state index in [9.17, 15) is 9.59 Å². The molecule has 0 atom stereocenters. The lowest BCUT2D eigenvalue weighted by molar-refractivity contribution is 0.536. The number of aromatic amines is 1. The minimum absolute atomic E-state index is 0.287. The first-order valence-electron chi connectivity index (χ1n) is 7.06. The maximum Gasteiger partial charge on any atom is 0.328 e. The highest BCUT2D eigenvalue weighted by atomic mass is 32.1. The van der Waals surface area contributed by atoms with Crippen molar-refractivity contribution in [3.8, 4) is 0 Å². The third-order valence-corrected chi connectivity index (χ3v) is 3.56. The summed E-state index contributed by atoms with van der Waals surface area (Å²) in [6.07, 6.45) is 9.98. The van der Waals surface area contributed by atoms with Crippen LogP contribution in [0.1, 0.15) is 50.5 Å². The van der Waals surface area contributed by atoms with E-state index in [-0.39, 0.29) is 11.2 Å². The topological polar surface area (TPSA) is 54.9 Å². The zero-order valence-electron chi connectivity index (χ0n) is 11.7. The van der Waals surface area contributed by atoms with Crippen molar-refractivity contribution in [1.82, 2.24) is 9.55 Å². The molecule has 0 unspecified atom stereocenters. The molecular formula is C14H24N2O2S. The molecule has 1 aromatic rings. The molecule has 5 heteroatoms. The zero-order chi connectivity index (χ0) is 14.1. The second kappa shape index (κ2) is 9.02. The number of nitrogens with one attached hydrogen (secondary N) is 1. The first-order valence-corrected chi connectivity index (χ1v) is 7.69. The van der Waals surface area contributed by atoms with Crippen LogP contribution in [0.4, 0.5) is 0 Å². The van der Waals surface area contributed by atoms with Gasteiger partial charge in [0.1, 0.15) is 0 Å². The van der Waals surface area contributed by atoms with Gasteiger partial charge in [0.25, 0.3) is 5.56 Å². The molecule has 1 rings (SSSR count). The molecule has 0 aliphatic rings. The molecule has 4 nitrogen and oxygen atoms in total. The summed E-state index contributed by atoms with van der Waals surface area (Å²) >= 11 is 4.19. The van der Waals surface area contributed by atoms with Crippen molar-refractivity contribution in [2.24, 2.45) is 0 Å². The average molecular weight is 284 g/mol. The summed E-state index contributed by atoms with van der Waals surface area (Å²) in [4.78, 5) is 25.1. The van der Waals surface area contributed by atoms with Crippen LogP contribution in [0.5, 0.6) is 0 Å². The van der Waals surface area contributed by atoms with Crippen LogP contribution in [0.2, 0.25) is 0 Å². The largest absolute Gasteiger partial charge is 0.328 e. The monoisotopic (exact) mass is 284 g/mol. The molecule has 0 radical (unpaired) electrons. The molecule has 0 aromatic carbocycles. The minimum atomic E-state index is -0.302. The summed E-state index contributed by atoms with van der Waals surface area (Å²) in [5.41, 5.74) is 0.00109. The van der Waals surface area contributed by atoms with E-state index >= 15 is 0 Å². The Labute approximate surface area is 119 Å². The fourth-order valence-electron chi connectivity index (χ4n) is 2.06. The summed E-state index contributed by atoms with van der Waals surface area (Å²) in [6, 6.07) is 0. The molecule has 0 bridgehead atoms. The molecule has 0 aliphatic heterocycles. The summed E-state index contributed by atoms with van der Waals surface area (Å²) in [7, 11) is 0. The second-order valence-corrected chi connectivity index (χ2v) is 5.41. The Morgan fingerprint density at radius 2 is 1.63 bits per heavy atom. The third kappa shape index (κ3) is 6.14. The predicted octanol–water partition coefficient (Wildman–Crippen LogP) is 2.51. The van der Waals surface area contributed by atoms with E-state index in [1.807, 2.05) is 0 Å². The Morgan fingerprint density at radius 1 is 1.05 bits per heavy atom. The molecule has 108 valence electrons. The normalized spacial score (nSPS) is 10.8. The maximum atomic E-state index is 11.5. The highest BCUT2D eigenvalue weighted by Crippen LogP contribution is 2.08. The molecule has 1 N–H and O–H groups in total. The number of H-pyrrole nitrogens is 1. The van der Waals surface area contributed by atoms with Crippen LogP contribution in [0.3, 0.4) is 0 Å². The lowest BCUT2D eigenvalue weighted by Crippen LogP contribution is -2.30. The Kier molecular flexibility index (Phi) is 7.63. The van der Waals surface area contributed by atoms with E-state index in [0.717, 1.165) is 18.6 Å². The van der Waals surface area contributed by atoms with Crippen molar-refractivity contribution in [2.75, 3.05) is 5.75 Å². The van der Waals surface area contributed by atoms with Crippen LogP contribution >= 0.6 is 12.6 Å². The van der Waals surface area contributed by atoms with E-state index < -0.39 is 0 Å². The molecule has 0 fully saturated rings. The average Bonchev–Trinajstić information content (AvgIpc) is 2.38. The molecule has 19 heavy (non-hydrogen) atoms. The first-order chi connectivity index (χ1) is 9.15. The number of aryl methyl sites for hydroxylation is 2. The Balaban J connectivity index is 2.21. The van der Waals surface area contributed by atoms with Crippen molar-refractivity contribution in [2.45, 2.75) is 58.4 Å². The van der Waals surface area contributed by atoms with E-state index in [2.05, 4.69) is 17.6 Å². The lowest BCUT2D eigenvalue weighted by Gasteiger charge is -2.05. The van der Waals surface area contributed by atoms with Crippen molar-refractivity contribution in [3.05, 3.63) is 32.6 Å². The van der Waals surface area contributed by atoms with Gasteiger partial charge in [-0.1, -0.05) is 32.1 Å². The summed E-state index contributed by atoms with van der Waals surface area (Å²) in [6.45, 7) is 2.41. The van der Waals surface area contributed by atoms with Gasteiger partial charge in [0.15, 0.2) is 0 Å². The quantitative estimate of drug-likeness (QED) is 0.541. The summed E-state index contributed by atoms with van der Waals surface area (Å²) in [5.74, 6) is 0.981. The van der Waals surface area contributed by atoms with Gasteiger partial charge in [-0.25, -0.2) is 4.79 Å². The van der Waals surface area contributed by atoms with Crippen LogP contribution in [0.25, 0.3) is 0 Å². The van der Waals surface area contributed by atoms with E-state index in [1.165, 1.54) is 32.1 Å². The van der Waals surface area contributed by atoms with Gasteiger partial charge < -0.3 is 4.57 Å². The molecule has 0 saturated carbocycles. The van der Waals surface area contributed by atoms with Crippen molar-refractivity contribution < 1.29 is 0 Å². The number of hydrogen-bond acceptors (Lipinski definition) is 3. The Morgan fingerprint density at radius 3 is 2.26 bits per heavy atom. The van der Waals surface area contributed by atoms with Crippen molar-refractivity contribution >= 4 is 12.6 Å². The van der Waals surface area contributed by atoms with Gasteiger partial charge in [0.05, 0.1) is 0 Å². The van der Waals surface area contributed by atoms with Gasteiger partial charge >= 0.3 is 5.69 Å². The van der Waals surface area contributed by atoms with Gasteiger partial charge in [0, 0.05) is 18.3 Å². The summed E-state index contributed by atoms with van der Waals surface area (Å²) < 4.78 is 1.59. The van der Waals surface area contributed by atoms with Gasteiger partial charge in [-0.15, -0.1) is 0 Å². The van der Waals surface area contributed by atoms with E-state index in [4.69, 9.17) is 0 Å². The van der Waals surface area contributed by atoms with E-state index in [0.29, 0.717) is 12.1 Å². The molecular weight excluding hydrogens is 260 g/mol. The van der Waals surface area contributed by atoms with Crippen molar-refractivity contribution in [1.29, 1.82) is 0 Å². The number of nitrogens with zero attached hydrogens (tertiary/aromatic N) is 1. The second-order valence-electron chi connectivity index (χ2n) is 4.96. The van der Waals surface area contributed by atoms with Crippen LogP contribution in [0, 0.1) is 6.92 Å². The van der Waals surface area contributed by atoms with Gasteiger partial charge in [-0.05, 0) is 25.5 Å². The Bertz CT molecular complexity index is 479. The number of unbranched alkanes of at least 4 members (excludes halogenated alkanes) is 6. The number of rotatable bonds is 9. The highest BCUT2D eigenvalue weighted by molar-refractivity contribution is 7.80. The van der Waals surface area contributed by atoms with Gasteiger partial charge in [-0.2, -0.15) is 12.6 Å². The molecule has 0 spiro atoms. The molecule has 0 saturated heterocycles. The number of aromatic nitrogens is 2. The standard InChI is InChI=1S/C14H24N2O2S/c1-12-11-16(14(18)15-13(12)17)9-7-5-3-2-4-6-8-10-19/h11,19H,2-10H2,1H3,(H,15,17,18). The van der Waals surface area contributed by atoms with E-state index in [1.54, 1.807) is 17.7 Å². The Hall–Kier alpha value is -0.970.